The number of thiophene rings is 1. The van der Waals surface area contributed by atoms with Gasteiger partial charge in [-0.2, -0.15) is 0 Å². The van der Waals surface area contributed by atoms with Gasteiger partial charge in [-0.25, -0.2) is 0 Å². The summed E-state index contributed by atoms with van der Waals surface area (Å²) in [6.07, 6.45) is 2.76. The standard InChI is InChI=1S/C16H22N2O2S/c1-4-12-15(19)17-14(11-6-7-11)16(20)18(12)10(3)13-8-5-9(2)21-13/h5,8,10-12,14H,4,6-7H2,1-3H3,(H,17,19). The number of nitrogens with one attached hydrogen (secondary N) is 1. The molecule has 3 unspecified atom stereocenters. The van der Waals surface area contributed by atoms with Crippen LogP contribution in [0.15, 0.2) is 12.1 Å². The summed E-state index contributed by atoms with van der Waals surface area (Å²) in [6, 6.07) is 3.47. The predicted molar refractivity (Wildman–Crippen MR) is 83.1 cm³/mol. The predicted octanol–water partition coefficient (Wildman–Crippen LogP) is 2.63. The topological polar surface area (TPSA) is 49.4 Å². The lowest BCUT2D eigenvalue weighted by atomic mass is 9.99. The van der Waals surface area contributed by atoms with E-state index in [0.717, 1.165) is 17.7 Å². The van der Waals surface area contributed by atoms with Crippen LogP contribution in [0.5, 0.6) is 0 Å². The van der Waals surface area contributed by atoms with Crippen molar-refractivity contribution in [2.75, 3.05) is 0 Å². The number of carbonyl (C=O) groups excluding carboxylic acids is 2. The Morgan fingerprint density at radius 1 is 1.38 bits per heavy atom. The van der Waals surface area contributed by atoms with Crippen molar-refractivity contribution in [2.24, 2.45) is 5.92 Å². The highest BCUT2D eigenvalue weighted by Gasteiger charge is 2.47. The van der Waals surface area contributed by atoms with Crippen molar-refractivity contribution in [1.82, 2.24) is 10.2 Å². The molecule has 1 saturated heterocycles. The molecule has 2 fully saturated rings. The van der Waals surface area contributed by atoms with Gasteiger partial charge in [0.1, 0.15) is 12.1 Å². The number of nitrogens with zero attached hydrogens (tertiary/aromatic N) is 1. The van der Waals surface area contributed by atoms with Gasteiger partial charge in [-0.1, -0.05) is 6.92 Å². The summed E-state index contributed by atoms with van der Waals surface area (Å²) in [5.41, 5.74) is 0. The maximum absolute atomic E-state index is 12.9. The molecule has 0 aromatic carbocycles. The molecule has 114 valence electrons. The number of aryl methyl sites for hydroxylation is 1. The fraction of sp³-hybridized carbons (Fsp3) is 0.625. The van der Waals surface area contributed by atoms with E-state index in [2.05, 4.69) is 24.4 Å². The van der Waals surface area contributed by atoms with Gasteiger partial charge in [0.15, 0.2) is 0 Å². The summed E-state index contributed by atoms with van der Waals surface area (Å²) in [7, 11) is 0. The van der Waals surface area contributed by atoms with Crippen molar-refractivity contribution in [1.29, 1.82) is 0 Å². The monoisotopic (exact) mass is 306 g/mol. The van der Waals surface area contributed by atoms with Gasteiger partial charge >= 0.3 is 0 Å². The lowest BCUT2D eigenvalue weighted by Crippen LogP contribution is -2.64. The van der Waals surface area contributed by atoms with Crippen LogP contribution in [0, 0.1) is 12.8 Å². The highest BCUT2D eigenvalue weighted by atomic mass is 32.1. The lowest BCUT2D eigenvalue weighted by molar-refractivity contribution is -0.152. The van der Waals surface area contributed by atoms with Crippen molar-refractivity contribution in [3.05, 3.63) is 21.9 Å². The van der Waals surface area contributed by atoms with E-state index in [1.54, 1.807) is 11.3 Å². The highest BCUT2D eigenvalue weighted by molar-refractivity contribution is 7.12. The fourth-order valence-electron chi connectivity index (χ4n) is 3.16. The van der Waals surface area contributed by atoms with Crippen molar-refractivity contribution in [2.45, 2.75) is 58.2 Å². The number of amides is 2. The zero-order chi connectivity index (χ0) is 15.1. The average molecular weight is 306 g/mol. The molecule has 21 heavy (non-hydrogen) atoms. The Bertz CT molecular complexity index is 564. The highest BCUT2D eigenvalue weighted by Crippen LogP contribution is 2.38. The largest absolute Gasteiger partial charge is 0.342 e. The molecule has 5 heteroatoms. The number of carbonyl (C=O) groups is 2. The molecule has 1 saturated carbocycles. The molecule has 4 nitrogen and oxygen atoms in total. The molecule has 3 atom stereocenters. The van der Waals surface area contributed by atoms with Gasteiger partial charge in [0.2, 0.25) is 11.8 Å². The second-order valence-corrected chi connectivity index (χ2v) is 7.44. The normalized spacial score (nSPS) is 27.7. The second kappa shape index (κ2) is 5.44. The maximum atomic E-state index is 12.9. The van der Waals surface area contributed by atoms with Gasteiger partial charge in [-0.3, -0.25) is 9.59 Å². The van der Waals surface area contributed by atoms with E-state index in [1.165, 1.54) is 4.88 Å². The van der Waals surface area contributed by atoms with Gasteiger partial charge in [-0.15, -0.1) is 11.3 Å². The molecule has 1 aromatic rings. The summed E-state index contributed by atoms with van der Waals surface area (Å²) < 4.78 is 0. The Morgan fingerprint density at radius 3 is 2.62 bits per heavy atom. The van der Waals surface area contributed by atoms with Crippen molar-refractivity contribution in [3.63, 3.8) is 0 Å². The molecule has 2 aliphatic rings. The van der Waals surface area contributed by atoms with Crippen LogP contribution in [-0.4, -0.2) is 28.8 Å². The zero-order valence-electron chi connectivity index (χ0n) is 12.8. The first-order valence-electron chi connectivity index (χ1n) is 7.71. The molecular formula is C16H22N2O2S. The molecule has 0 radical (unpaired) electrons. The number of piperazine rings is 1. The first-order valence-corrected chi connectivity index (χ1v) is 8.53. The minimum absolute atomic E-state index is 0.00845. The molecule has 3 rings (SSSR count). The van der Waals surface area contributed by atoms with E-state index in [4.69, 9.17) is 0 Å². The smallest absolute Gasteiger partial charge is 0.246 e. The Kier molecular flexibility index (Phi) is 3.78. The van der Waals surface area contributed by atoms with Crippen molar-refractivity contribution < 1.29 is 9.59 Å². The average Bonchev–Trinajstić information content (AvgIpc) is 3.21. The molecule has 1 N–H and O–H groups in total. The molecule has 0 bridgehead atoms. The maximum Gasteiger partial charge on any atom is 0.246 e. The van der Waals surface area contributed by atoms with E-state index in [0.29, 0.717) is 12.3 Å². The number of hydrogen-bond acceptors (Lipinski definition) is 3. The van der Waals surface area contributed by atoms with Crippen LogP contribution in [0.25, 0.3) is 0 Å². The van der Waals surface area contributed by atoms with E-state index in [1.807, 2.05) is 18.7 Å². The van der Waals surface area contributed by atoms with Crippen LogP contribution >= 0.6 is 11.3 Å². The minimum Gasteiger partial charge on any atom is -0.342 e. The van der Waals surface area contributed by atoms with E-state index < -0.39 is 0 Å². The van der Waals surface area contributed by atoms with Crippen LogP contribution in [0.1, 0.15) is 48.9 Å². The van der Waals surface area contributed by atoms with Gasteiger partial charge in [-0.05, 0) is 51.2 Å². The third kappa shape index (κ3) is 2.59. The van der Waals surface area contributed by atoms with Crippen LogP contribution in [0.3, 0.4) is 0 Å². The Balaban J connectivity index is 1.90. The SMILES string of the molecule is CCC1C(=O)NC(C2CC2)C(=O)N1C(C)c1ccc(C)s1. The first-order chi connectivity index (χ1) is 10.0. The number of hydrogen-bond donors (Lipinski definition) is 1. The molecule has 1 aliphatic heterocycles. The van der Waals surface area contributed by atoms with Crippen molar-refractivity contribution >= 4 is 23.2 Å². The van der Waals surface area contributed by atoms with Gasteiger partial charge in [0.05, 0.1) is 6.04 Å². The third-order valence-corrected chi connectivity index (χ3v) is 5.70. The van der Waals surface area contributed by atoms with Crippen LogP contribution in [0.4, 0.5) is 0 Å². The fourth-order valence-corrected chi connectivity index (χ4v) is 4.09. The quantitative estimate of drug-likeness (QED) is 0.929. The summed E-state index contributed by atoms with van der Waals surface area (Å²) in [4.78, 5) is 29.4. The van der Waals surface area contributed by atoms with E-state index >= 15 is 0 Å². The van der Waals surface area contributed by atoms with E-state index in [-0.39, 0.29) is 29.9 Å². The molecule has 0 spiro atoms. The van der Waals surface area contributed by atoms with Crippen molar-refractivity contribution in [3.8, 4) is 0 Å². The Hall–Kier alpha value is -1.36. The van der Waals surface area contributed by atoms with E-state index in [9.17, 15) is 9.59 Å². The lowest BCUT2D eigenvalue weighted by Gasteiger charge is -2.42. The molecule has 2 heterocycles. The molecule has 1 aliphatic carbocycles. The molecule has 2 amide bonds. The summed E-state index contributed by atoms with van der Waals surface area (Å²) in [5.74, 6) is 0.454. The van der Waals surface area contributed by atoms with Crippen LogP contribution in [0.2, 0.25) is 0 Å². The Morgan fingerprint density at radius 2 is 2.10 bits per heavy atom. The van der Waals surface area contributed by atoms with Gasteiger partial charge in [0, 0.05) is 9.75 Å². The third-order valence-electron chi connectivity index (χ3n) is 4.53. The number of rotatable bonds is 4. The molecule has 1 aromatic heterocycles. The van der Waals surface area contributed by atoms with Gasteiger partial charge in [0.25, 0.3) is 0 Å². The summed E-state index contributed by atoms with van der Waals surface area (Å²) in [5, 5.41) is 2.94. The minimum atomic E-state index is -0.343. The van der Waals surface area contributed by atoms with Crippen LogP contribution < -0.4 is 5.32 Å². The summed E-state index contributed by atoms with van der Waals surface area (Å²) in [6.45, 7) is 6.07. The first kappa shape index (κ1) is 14.6. The second-order valence-electron chi connectivity index (χ2n) is 6.12. The Labute approximate surface area is 129 Å². The zero-order valence-corrected chi connectivity index (χ0v) is 13.6. The summed E-state index contributed by atoms with van der Waals surface area (Å²) >= 11 is 1.70. The van der Waals surface area contributed by atoms with Gasteiger partial charge < -0.3 is 10.2 Å². The molecular weight excluding hydrogens is 284 g/mol. The van der Waals surface area contributed by atoms with Crippen LogP contribution in [-0.2, 0) is 9.59 Å².